The number of aromatic nitrogens is 2. The average molecular weight is 344 g/mol. The quantitative estimate of drug-likeness (QED) is 0.845. The fraction of sp³-hybridized carbons (Fsp3) is 0.500. The highest BCUT2D eigenvalue weighted by atomic mass is 16.5. The number of benzene rings is 1. The minimum atomic E-state index is -0.152. The Morgan fingerprint density at radius 2 is 1.96 bits per heavy atom. The third-order valence-corrected chi connectivity index (χ3v) is 4.40. The van der Waals surface area contributed by atoms with Crippen LogP contribution in [0.15, 0.2) is 29.1 Å². The fourth-order valence-corrected chi connectivity index (χ4v) is 3.20. The van der Waals surface area contributed by atoms with Crippen molar-refractivity contribution >= 4 is 16.7 Å². The van der Waals surface area contributed by atoms with Crippen LogP contribution >= 0.6 is 0 Å². The highest BCUT2D eigenvalue weighted by Crippen LogP contribution is 2.13. The van der Waals surface area contributed by atoms with E-state index < -0.39 is 0 Å². The maximum absolute atomic E-state index is 12.4. The van der Waals surface area contributed by atoms with E-state index in [0.29, 0.717) is 11.1 Å². The highest BCUT2D eigenvalue weighted by molar-refractivity contribution is 5.88. The molecule has 0 saturated carbocycles. The SMILES string of the molecule is CC(CN1CCOCC1)NC(=O)Cc1nn(C)c(=O)c2ccccc12. The minimum Gasteiger partial charge on any atom is -0.379 e. The van der Waals surface area contributed by atoms with Gasteiger partial charge in [-0.15, -0.1) is 0 Å². The van der Waals surface area contributed by atoms with Crippen LogP contribution in [0.4, 0.5) is 0 Å². The van der Waals surface area contributed by atoms with E-state index >= 15 is 0 Å². The van der Waals surface area contributed by atoms with Gasteiger partial charge < -0.3 is 10.1 Å². The minimum absolute atomic E-state index is 0.0457. The second kappa shape index (κ2) is 7.76. The Morgan fingerprint density at radius 1 is 1.28 bits per heavy atom. The summed E-state index contributed by atoms with van der Waals surface area (Å²) in [6, 6.07) is 7.32. The molecule has 1 saturated heterocycles. The summed E-state index contributed by atoms with van der Waals surface area (Å²) < 4.78 is 6.63. The summed E-state index contributed by atoms with van der Waals surface area (Å²) in [6.07, 6.45) is 0.155. The van der Waals surface area contributed by atoms with Crippen molar-refractivity contribution in [3.05, 3.63) is 40.3 Å². The number of carbonyl (C=O) groups excluding carboxylic acids is 1. The zero-order valence-electron chi connectivity index (χ0n) is 14.7. The molecule has 1 fully saturated rings. The third-order valence-electron chi connectivity index (χ3n) is 4.40. The van der Waals surface area contributed by atoms with Gasteiger partial charge in [0.05, 0.1) is 30.7 Å². The van der Waals surface area contributed by atoms with Gasteiger partial charge in [0.1, 0.15) is 0 Å². The van der Waals surface area contributed by atoms with Gasteiger partial charge in [-0.1, -0.05) is 18.2 Å². The molecular weight excluding hydrogens is 320 g/mol. The van der Waals surface area contributed by atoms with Gasteiger partial charge in [0.25, 0.3) is 5.56 Å². The van der Waals surface area contributed by atoms with Crippen molar-refractivity contribution in [2.45, 2.75) is 19.4 Å². The number of rotatable bonds is 5. The number of carbonyl (C=O) groups is 1. The molecule has 1 aromatic carbocycles. The molecule has 0 radical (unpaired) electrons. The van der Waals surface area contributed by atoms with Gasteiger partial charge in [-0.2, -0.15) is 5.10 Å². The van der Waals surface area contributed by atoms with Gasteiger partial charge in [0.2, 0.25) is 5.91 Å². The molecule has 1 atom stereocenters. The number of hydrogen-bond donors (Lipinski definition) is 1. The van der Waals surface area contributed by atoms with E-state index in [0.717, 1.165) is 38.2 Å². The molecule has 7 heteroatoms. The second-order valence-corrected chi connectivity index (χ2v) is 6.48. The van der Waals surface area contributed by atoms with Crippen LogP contribution in [0.3, 0.4) is 0 Å². The van der Waals surface area contributed by atoms with Crippen molar-refractivity contribution in [3.63, 3.8) is 0 Å². The summed E-state index contributed by atoms with van der Waals surface area (Å²) in [5, 5.41) is 8.63. The van der Waals surface area contributed by atoms with E-state index in [1.807, 2.05) is 25.1 Å². The first-order chi connectivity index (χ1) is 12.0. The van der Waals surface area contributed by atoms with Crippen molar-refractivity contribution in [2.75, 3.05) is 32.8 Å². The predicted molar refractivity (Wildman–Crippen MR) is 95.6 cm³/mol. The first kappa shape index (κ1) is 17.6. The maximum atomic E-state index is 12.4. The molecule has 7 nitrogen and oxygen atoms in total. The Morgan fingerprint density at radius 3 is 2.68 bits per heavy atom. The Kier molecular flexibility index (Phi) is 5.45. The lowest BCUT2D eigenvalue weighted by atomic mass is 10.1. The highest BCUT2D eigenvalue weighted by Gasteiger charge is 2.17. The molecule has 1 aromatic heterocycles. The first-order valence-electron chi connectivity index (χ1n) is 8.59. The number of fused-ring (bicyclic) bond motifs is 1. The van der Waals surface area contributed by atoms with Gasteiger partial charge >= 0.3 is 0 Å². The maximum Gasteiger partial charge on any atom is 0.274 e. The van der Waals surface area contributed by atoms with Gasteiger partial charge in [-0.05, 0) is 13.0 Å². The Balaban J connectivity index is 1.67. The second-order valence-electron chi connectivity index (χ2n) is 6.48. The van der Waals surface area contributed by atoms with Gasteiger partial charge in [0, 0.05) is 38.1 Å². The lowest BCUT2D eigenvalue weighted by Gasteiger charge is -2.29. The Bertz CT molecular complexity index is 812. The van der Waals surface area contributed by atoms with E-state index in [1.165, 1.54) is 4.68 Å². The molecular formula is C18H24N4O3. The van der Waals surface area contributed by atoms with E-state index in [2.05, 4.69) is 15.3 Å². The summed E-state index contributed by atoms with van der Waals surface area (Å²) in [6.45, 7) is 6.08. The third kappa shape index (κ3) is 4.24. The molecule has 1 aliphatic heterocycles. The standard InChI is InChI=1S/C18H24N4O3/c1-13(12-22-7-9-25-10-8-22)19-17(23)11-16-14-5-3-4-6-15(14)18(24)21(2)20-16/h3-6,13H,7-12H2,1-2H3,(H,19,23). The molecule has 2 heterocycles. The van der Waals surface area contributed by atoms with Crippen LogP contribution in [-0.2, 0) is 23.0 Å². The van der Waals surface area contributed by atoms with Crippen LogP contribution in [0.1, 0.15) is 12.6 Å². The van der Waals surface area contributed by atoms with Gasteiger partial charge in [0.15, 0.2) is 0 Å². The van der Waals surface area contributed by atoms with Crippen LogP contribution in [0, 0.1) is 0 Å². The molecule has 0 aliphatic carbocycles. The van der Waals surface area contributed by atoms with Crippen molar-refractivity contribution in [2.24, 2.45) is 7.05 Å². The fourth-order valence-electron chi connectivity index (χ4n) is 3.20. The largest absolute Gasteiger partial charge is 0.379 e. The van der Waals surface area contributed by atoms with Gasteiger partial charge in [-0.25, -0.2) is 4.68 Å². The van der Waals surface area contributed by atoms with Crippen molar-refractivity contribution in [1.29, 1.82) is 0 Å². The summed E-state index contributed by atoms with van der Waals surface area (Å²) in [5.41, 5.74) is 0.467. The topological polar surface area (TPSA) is 76.5 Å². The number of morpholine rings is 1. The summed E-state index contributed by atoms with van der Waals surface area (Å²) >= 11 is 0. The number of nitrogens with one attached hydrogen (secondary N) is 1. The average Bonchev–Trinajstić information content (AvgIpc) is 2.60. The molecule has 25 heavy (non-hydrogen) atoms. The zero-order valence-corrected chi connectivity index (χ0v) is 14.7. The summed E-state index contributed by atoms with van der Waals surface area (Å²) in [4.78, 5) is 26.9. The number of nitrogens with zero attached hydrogens (tertiary/aromatic N) is 3. The predicted octanol–water partition coefficient (Wildman–Crippen LogP) is 0.313. The normalized spacial score (nSPS) is 16.7. The summed E-state index contributed by atoms with van der Waals surface area (Å²) in [7, 11) is 1.61. The van der Waals surface area contributed by atoms with Crippen LogP contribution in [0.25, 0.3) is 10.8 Å². The number of hydrogen-bond acceptors (Lipinski definition) is 5. The number of ether oxygens (including phenoxy) is 1. The molecule has 3 rings (SSSR count). The van der Waals surface area contributed by atoms with E-state index in [1.54, 1.807) is 13.1 Å². The molecule has 0 bridgehead atoms. The first-order valence-corrected chi connectivity index (χ1v) is 8.59. The number of amides is 1. The van der Waals surface area contributed by atoms with Crippen molar-refractivity contribution < 1.29 is 9.53 Å². The zero-order chi connectivity index (χ0) is 17.8. The van der Waals surface area contributed by atoms with Crippen LogP contribution < -0.4 is 10.9 Å². The lowest BCUT2D eigenvalue weighted by molar-refractivity contribution is -0.121. The molecule has 1 unspecified atom stereocenters. The van der Waals surface area contributed by atoms with E-state index in [9.17, 15) is 9.59 Å². The van der Waals surface area contributed by atoms with Gasteiger partial charge in [-0.3, -0.25) is 14.5 Å². The van der Waals surface area contributed by atoms with Crippen molar-refractivity contribution in [1.82, 2.24) is 20.0 Å². The summed E-state index contributed by atoms with van der Waals surface area (Å²) in [5.74, 6) is -0.0861. The van der Waals surface area contributed by atoms with E-state index in [-0.39, 0.29) is 23.9 Å². The van der Waals surface area contributed by atoms with Crippen molar-refractivity contribution in [3.8, 4) is 0 Å². The van der Waals surface area contributed by atoms with Crippen LogP contribution in [0.5, 0.6) is 0 Å². The van der Waals surface area contributed by atoms with Crippen LogP contribution in [0.2, 0.25) is 0 Å². The molecule has 1 amide bonds. The number of aryl methyl sites for hydroxylation is 1. The molecule has 134 valence electrons. The Hall–Kier alpha value is -2.25. The molecule has 1 N–H and O–H groups in total. The van der Waals surface area contributed by atoms with Crippen LogP contribution in [-0.4, -0.2) is 59.5 Å². The molecule has 1 aliphatic rings. The molecule has 2 aromatic rings. The lowest BCUT2D eigenvalue weighted by Crippen LogP contribution is -2.46. The smallest absolute Gasteiger partial charge is 0.274 e. The Labute approximate surface area is 146 Å². The molecule has 0 spiro atoms. The van der Waals surface area contributed by atoms with E-state index in [4.69, 9.17) is 4.74 Å². The monoisotopic (exact) mass is 344 g/mol.